The van der Waals surface area contributed by atoms with Gasteiger partial charge < -0.3 is 19.9 Å². The van der Waals surface area contributed by atoms with Crippen LogP contribution in [-0.4, -0.2) is 74.0 Å². The minimum Gasteiger partial charge on any atom is -0.464 e. The molecule has 7 heteroatoms. The zero-order chi connectivity index (χ0) is 30.4. The second-order valence-electron chi connectivity index (χ2n) is 11.1. The Morgan fingerprint density at radius 2 is 1.29 bits per heavy atom. The van der Waals surface area contributed by atoms with Gasteiger partial charge in [0.05, 0.1) is 6.54 Å². The summed E-state index contributed by atoms with van der Waals surface area (Å²) in [6.45, 7) is 10.8. The Kier molecular flexibility index (Phi) is 27.8. The van der Waals surface area contributed by atoms with Gasteiger partial charge in [-0.15, -0.1) is 0 Å². The average Bonchev–Trinajstić information content (AvgIpc) is 2.95. The fourth-order valence-electron chi connectivity index (χ4n) is 4.57. The van der Waals surface area contributed by atoms with E-state index in [4.69, 9.17) is 4.74 Å². The highest BCUT2D eigenvalue weighted by Gasteiger charge is 2.11. The summed E-state index contributed by atoms with van der Waals surface area (Å²) in [5, 5.41) is 2.96. The molecule has 0 saturated heterocycles. The van der Waals surface area contributed by atoms with Crippen molar-refractivity contribution in [1.82, 2.24) is 15.1 Å². The number of unbranched alkanes of at least 4 members (excludes halogenated alkanes) is 8. The summed E-state index contributed by atoms with van der Waals surface area (Å²) in [5.41, 5.74) is 0. The molecule has 0 aliphatic heterocycles. The Labute approximate surface area is 252 Å². The molecule has 0 aromatic carbocycles. The number of nitrogens with one attached hydrogen (secondary N) is 1. The molecule has 0 aromatic heterocycles. The monoisotopic (exact) mass is 577 g/mol. The molecular formula is C34H63N3O4. The van der Waals surface area contributed by atoms with Crippen molar-refractivity contribution in [2.24, 2.45) is 0 Å². The van der Waals surface area contributed by atoms with Crippen LogP contribution in [0, 0.1) is 0 Å². The second-order valence-corrected chi connectivity index (χ2v) is 11.1. The Bertz CT molecular complexity index is 702. The molecule has 0 heterocycles. The Hall–Kier alpha value is -2.15. The maximum atomic E-state index is 12.3. The summed E-state index contributed by atoms with van der Waals surface area (Å²) in [7, 11) is 1.72. The molecular weight excluding hydrogens is 514 g/mol. The molecule has 0 aliphatic rings. The maximum Gasteiger partial charge on any atom is 0.305 e. The zero-order valence-electron chi connectivity index (χ0n) is 27.1. The lowest BCUT2D eigenvalue weighted by molar-refractivity contribution is -0.145. The van der Waals surface area contributed by atoms with E-state index < -0.39 is 0 Å². The number of carbonyl (C=O) groups is 3. The van der Waals surface area contributed by atoms with Gasteiger partial charge in [0.15, 0.2) is 0 Å². The second kappa shape index (κ2) is 29.3. The molecule has 0 fully saturated rings. The van der Waals surface area contributed by atoms with Gasteiger partial charge in [-0.25, -0.2) is 0 Å². The number of likely N-dealkylation sites (N-methyl/N-ethyl adjacent to an activating group) is 1. The average molecular weight is 578 g/mol. The molecule has 0 saturated carbocycles. The van der Waals surface area contributed by atoms with E-state index in [0.717, 1.165) is 64.6 Å². The van der Waals surface area contributed by atoms with Gasteiger partial charge in [0.2, 0.25) is 11.8 Å². The van der Waals surface area contributed by atoms with E-state index in [2.05, 4.69) is 55.3 Å². The molecule has 1 N–H and O–H groups in total. The summed E-state index contributed by atoms with van der Waals surface area (Å²) < 4.78 is 5.31. The number of nitrogens with zero attached hydrogens (tertiary/aromatic N) is 2. The smallest absolute Gasteiger partial charge is 0.305 e. The summed E-state index contributed by atoms with van der Waals surface area (Å²) in [6, 6.07) is 0. The molecule has 0 radical (unpaired) electrons. The number of hydrogen-bond donors (Lipinski definition) is 1. The van der Waals surface area contributed by atoms with Crippen LogP contribution >= 0.6 is 0 Å². The molecule has 41 heavy (non-hydrogen) atoms. The number of allylic oxidation sites excluding steroid dienone is 4. The number of rotatable bonds is 28. The van der Waals surface area contributed by atoms with Crippen LogP contribution in [0.5, 0.6) is 0 Å². The SMILES string of the molecule is CCCCC/C=C\C/C=C\CCCCCCCC(=O)OCCN(C)C(=O)CCCC(=O)NCCN(CCC)CCC. The van der Waals surface area contributed by atoms with Gasteiger partial charge in [0, 0.05) is 39.4 Å². The minimum atomic E-state index is -0.190. The van der Waals surface area contributed by atoms with E-state index in [1.807, 2.05) is 0 Å². The Morgan fingerprint density at radius 1 is 0.659 bits per heavy atom. The van der Waals surface area contributed by atoms with Gasteiger partial charge in [-0.3, -0.25) is 14.4 Å². The summed E-state index contributed by atoms with van der Waals surface area (Å²) in [5.74, 6) is -0.222. The lowest BCUT2D eigenvalue weighted by Crippen LogP contribution is -2.36. The van der Waals surface area contributed by atoms with E-state index in [-0.39, 0.29) is 24.4 Å². The van der Waals surface area contributed by atoms with Crippen molar-refractivity contribution in [3.8, 4) is 0 Å². The zero-order valence-corrected chi connectivity index (χ0v) is 27.1. The number of ether oxygens (including phenoxy) is 1. The molecule has 0 aromatic rings. The Balaban J connectivity index is 3.68. The van der Waals surface area contributed by atoms with Gasteiger partial charge >= 0.3 is 5.97 Å². The summed E-state index contributed by atoms with van der Waals surface area (Å²) in [4.78, 5) is 40.3. The molecule has 0 spiro atoms. The van der Waals surface area contributed by atoms with Gasteiger partial charge in [-0.05, 0) is 70.9 Å². The van der Waals surface area contributed by atoms with Crippen molar-refractivity contribution >= 4 is 17.8 Å². The van der Waals surface area contributed by atoms with Crippen molar-refractivity contribution in [3.63, 3.8) is 0 Å². The highest BCUT2D eigenvalue weighted by Crippen LogP contribution is 2.09. The number of amides is 2. The lowest BCUT2D eigenvalue weighted by atomic mass is 10.1. The largest absolute Gasteiger partial charge is 0.464 e. The summed E-state index contributed by atoms with van der Waals surface area (Å²) >= 11 is 0. The van der Waals surface area contributed by atoms with Crippen LogP contribution in [0.3, 0.4) is 0 Å². The third kappa shape index (κ3) is 26.5. The van der Waals surface area contributed by atoms with Crippen LogP contribution < -0.4 is 5.32 Å². The molecule has 0 rings (SSSR count). The molecule has 7 nitrogen and oxygen atoms in total. The van der Waals surface area contributed by atoms with Crippen LogP contribution in [-0.2, 0) is 19.1 Å². The van der Waals surface area contributed by atoms with E-state index in [0.29, 0.717) is 38.8 Å². The quantitative estimate of drug-likeness (QED) is 0.0604. The fraction of sp³-hybridized carbons (Fsp3) is 0.794. The predicted molar refractivity (Wildman–Crippen MR) is 172 cm³/mol. The number of carbonyl (C=O) groups excluding carboxylic acids is 3. The molecule has 0 unspecified atom stereocenters. The first-order chi connectivity index (χ1) is 19.9. The third-order valence-corrected chi connectivity index (χ3v) is 7.07. The lowest BCUT2D eigenvalue weighted by Gasteiger charge is -2.21. The third-order valence-electron chi connectivity index (χ3n) is 7.07. The van der Waals surface area contributed by atoms with Crippen molar-refractivity contribution in [2.45, 2.75) is 130 Å². The van der Waals surface area contributed by atoms with Crippen LogP contribution in [0.15, 0.2) is 24.3 Å². The highest BCUT2D eigenvalue weighted by atomic mass is 16.5. The van der Waals surface area contributed by atoms with Crippen LogP contribution in [0.25, 0.3) is 0 Å². The Morgan fingerprint density at radius 3 is 1.95 bits per heavy atom. The highest BCUT2D eigenvalue weighted by molar-refractivity contribution is 5.78. The molecule has 0 aliphatic carbocycles. The number of hydrogen-bond acceptors (Lipinski definition) is 5. The van der Waals surface area contributed by atoms with Crippen molar-refractivity contribution < 1.29 is 19.1 Å². The first-order valence-corrected chi connectivity index (χ1v) is 16.6. The van der Waals surface area contributed by atoms with Crippen LogP contribution in [0.4, 0.5) is 0 Å². The van der Waals surface area contributed by atoms with Crippen molar-refractivity contribution in [3.05, 3.63) is 24.3 Å². The first-order valence-electron chi connectivity index (χ1n) is 16.6. The maximum absolute atomic E-state index is 12.3. The number of esters is 1. The van der Waals surface area contributed by atoms with Gasteiger partial charge in [0.25, 0.3) is 0 Å². The molecule has 0 atom stereocenters. The van der Waals surface area contributed by atoms with E-state index >= 15 is 0 Å². The standard InChI is InChI=1S/C34H63N3O4/c1-5-8-9-10-11-12-13-14-15-16-17-18-19-20-21-25-34(40)41-31-30-36(4)33(39)24-22-23-32(38)35-26-29-37(27-6-2)28-7-3/h11-12,14-15H,5-10,13,16-31H2,1-4H3,(H,35,38)/b12-11-,15-14-. The van der Waals surface area contributed by atoms with E-state index in [1.54, 1.807) is 11.9 Å². The van der Waals surface area contributed by atoms with Crippen LogP contribution in [0.2, 0.25) is 0 Å². The normalized spacial score (nSPS) is 11.5. The van der Waals surface area contributed by atoms with Crippen LogP contribution in [0.1, 0.15) is 130 Å². The van der Waals surface area contributed by atoms with Crippen molar-refractivity contribution in [2.75, 3.05) is 46.4 Å². The van der Waals surface area contributed by atoms with E-state index in [9.17, 15) is 14.4 Å². The predicted octanol–water partition coefficient (Wildman–Crippen LogP) is 7.21. The van der Waals surface area contributed by atoms with Crippen molar-refractivity contribution in [1.29, 1.82) is 0 Å². The minimum absolute atomic E-state index is 0.00405. The van der Waals surface area contributed by atoms with Gasteiger partial charge in [0.1, 0.15) is 6.61 Å². The van der Waals surface area contributed by atoms with Gasteiger partial charge in [-0.2, -0.15) is 0 Å². The van der Waals surface area contributed by atoms with Gasteiger partial charge in [-0.1, -0.05) is 77.2 Å². The molecule has 0 bridgehead atoms. The topological polar surface area (TPSA) is 78.9 Å². The molecule has 238 valence electrons. The molecule has 2 amide bonds. The van der Waals surface area contributed by atoms with E-state index in [1.165, 1.54) is 38.5 Å². The fourth-order valence-corrected chi connectivity index (χ4v) is 4.57. The summed E-state index contributed by atoms with van der Waals surface area (Å²) in [6.07, 6.45) is 25.6. The first kappa shape index (κ1) is 38.9.